The van der Waals surface area contributed by atoms with Crippen molar-refractivity contribution in [2.75, 3.05) is 12.4 Å². The SMILES string of the molecule is COc1cc(COc2ccc(Cl)cc2/C=C(/C#N)C(=O)Nc2ccccc2C)ccc1OCc1ccccc1. The summed E-state index contributed by atoms with van der Waals surface area (Å²) in [5, 5.41) is 12.9. The first-order valence-electron chi connectivity index (χ1n) is 12.2. The summed E-state index contributed by atoms with van der Waals surface area (Å²) < 4.78 is 17.5. The van der Waals surface area contributed by atoms with Gasteiger partial charge in [-0.15, -0.1) is 0 Å². The Kier molecular flexibility index (Phi) is 9.23. The third kappa shape index (κ3) is 7.41. The molecule has 196 valence electrons. The molecule has 0 atom stereocenters. The van der Waals surface area contributed by atoms with Crippen LogP contribution in [0.2, 0.25) is 5.02 Å². The molecule has 0 saturated carbocycles. The van der Waals surface area contributed by atoms with Gasteiger partial charge in [-0.05, 0) is 66.1 Å². The minimum Gasteiger partial charge on any atom is -0.493 e. The maximum atomic E-state index is 12.8. The summed E-state index contributed by atoms with van der Waals surface area (Å²) in [6.45, 7) is 2.52. The van der Waals surface area contributed by atoms with E-state index >= 15 is 0 Å². The summed E-state index contributed by atoms with van der Waals surface area (Å²) in [4.78, 5) is 12.8. The van der Waals surface area contributed by atoms with Crippen molar-refractivity contribution in [1.82, 2.24) is 0 Å². The third-order valence-electron chi connectivity index (χ3n) is 5.89. The zero-order valence-electron chi connectivity index (χ0n) is 21.6. The zero-order valence-corrected chi connectivity index (χ0v) is 22.4. The number of carbonyl (C=O) groups excluding carboxylic acids is 1. The van der Waals surface area contributed by atoms with Gasteiger partial charge in [-0.1, -0.05) is 66.2 Å². The summed E-state index contributed by atoms with van der Waals surface area (Å²) in [6.07, 6.45) is 1.47. The smallest absolute Gasteiger partial charge is 0.266 e. The number of methoxy groups -OCH3 is 1. The zero-order chi connectivity index (χ0) is 27.6. The van der Waals surface area contributed by atoms with E-state index in [0.29, 0.717) is 40.1 Å². The van der Waals surface area contributed by atoms with Crippen LogP contribution < -0.4 is 19.5 Å². The van der Waals surface area contributed by atoms with E-state index in [4.69, 9.17) is 25.8 Å². The molecule has 6 nitrogen and oxygen atoms in total. The third-order valence-corrected chi connectivity index (χ3v) is 6.12. The number of hydrogen-bond donors (Lipinski definition) is 1. The van der Waals surface area contributed by atoms with E-state index in [1.807, 2.05) is 79.7 Å². The largest absolute Gasteiger partial charge is 0.493 e. The fraction of sp³-hybridized carbons (Fsp3) is 0.125. The first kappa shape index (κ1) is 27.3. The lowest BCUT2D eigenvalue weighted by atomic mass is 10.1. The Morgan fingerprint density at radius 1 is 0.872 bits per heavy atom. The van der Waals surface area contributed by atoms with Crippen LogP contribution in [0.15, 0.2) is 96.6 Å². The molecule has 4 aromatic carbocycles. The van der Waals surface area contributed by atoms with Crippen LogP contribution in [-0.2, 0) is 18.0 Å². The minimum absolute atomic E-state index is 0.0769. The molecule has 39 heavy (non-hydrogen) atoms. The second-order valence-corrected chi connectivity index (χ2v) is 9.11. The summed E-state index contributed by atoms with van der Waals surface area (Å²) in [5.74, 6) is 1.16. The molecule has 0 aliphatic carbocycles. The molecule has 4 rings (SSSR count). The second-order valence-electron chi connectivity index (χ2n) is 8.67. The van der Waals surface area contributed by atoms with Crippen LogP contribution in [0.1, 0.15) is 22.3 Å². The molecule has 0 saturated heterocycles. The Morgan fingerprint density at radius 2 is 1.56 bits per heavy atom. The highest BCUT2D eigenvalue weighted by molar-refractivity contribution is 6.30. The number of nitrogens with zero attached hydrogens (tertiary/aromatic N) is 1. The Morgan fingerprint density at radius 3 is 2.31 bits per heavy atom. The highest BCUT2D eigenvalue weighted by Gasteiger charge is 2.14. The van der Waals surface area contributed by atoms with Gasteiger partial charge in [-0.25, -0.2) is 0 Å². The lowest BCUT2D eigenvalue weighted by molar-refractivity contribution is -0.112. The van der Waals surface area contributed by atoms with Crippen LogP contribution in [0, 0.1) is 18.3 Å². The molecule has 7 heteroatoms. The first-order valence-corrected chi connectivity index (χ1v) is 12.6. The molecule has 4 aromatic rings. The number of aryl methyl sites for hydroxylation is 1. The molecule has 1 N–H and O–H groups in total. The molecule has 0 aliphatic rings. The maximum absolute atomic E-state index is 12.8. The maximum Gasteiger partial charge on any atom is 0.266 e. The fourth-order valence-corrected chi connectivity index (χ4v) is 3.97. The van der Waals surface area contributed by atoms with Crippen LogP contribution in [0.5, 0.6) is 17.2 Å². The van der Waals surface area contributed by atoms with Gasteiger partial charge in [0, 0.05) is 16.3 Å². The van der Waals surface area contributed by atoms with Gasteiger partial charge in [0.2, 0.25) is 0 Å². The van der Waals surface area contributed by atoms with E-state index in [2.05, 4.69) is 5.32 Å². The normalized spacial score (nSPS) is 10.9. The van der Waals surface area contributed by atoms with Crippen molar-refractivity contribution in [3.8, 4) is 23.3 Å². The molecule has 0 fully saturated rings. The molecule has 1 amide bonds. The average molecular weight is 539 g/mol. The lowest BCUT2D eigenvalue weighted by Crippen LogP contribution is -2.14. The molecule has 0 unspecified atom stereocenters. The highest BCUT2D eigenvalue weighted by atomic mass is 35.5. The average Bonchev–Trinajstić information content (AvgIpc) is 2.96. The van der Waals surface area contributed by atoms with E-state index in [9.17, 15) is 10.1 Å². The van der Waals surface area contributed by atoms with E-state index in [1.165, 1.54) is 6.08 Å². The van der Waals surface area contributed by atoms with Crippen LogP contribution in [0.4, 0.5) is 5.69 Å². The van der Waals surface area contributed by atoms with Crippen LogP contribution in [0.3, 0.4) is 0 Å². The van der Waals surface area contributed by atoms with Crippen LogP contribution in [-0.4, -0.2) is 13.0 Å². The van der Waals surface area contributed by atoms with Gasteiger partial charge in [0.05, 0.1) is 7.11 Å². The van der Waals surface area contributed by atoms with E-state index in [0.717, 1.165) is 16.7 Å². The number of benzene rings is 4. The number of halogens is 1. The van der Waals surface area contributed by atoms with Gasteiger partial charge in [0.25, 0.3) is 5.91 Å². The molecule has 0 bridgehead atoms. The minimum atomic E-state index is -0.520. The molecule has 0 spiro atoms. The van der Waals surface area contributed by atoms with E-state index in [-0.39, 0.29) is 12.2 Å². The number of anilines is 1. The van der Waals surface area contributed by atoms with Gasteiger partial charge in [-0.3, -0.25) is 4.79 Å². The molecule has 0 radical (unpaired) electrons. The topological polar surface area (TPSA) is 80.6 Å². The predicted molar refractivity (Wildman–Crippen MR) is 153 cm³/mol. The van der Waals surface area contributed by atoms with Crippen molar-refractivity contribution in [2.24, 2.45) is 0 Å². The first-order chi connectivity index (χ1) is 19.0. The van der Waals surface area contributed by atoms with Crippen molar-refractivity contribution in [1.29, 1.82) is 5.26 Å². The van der Waals surface area contributed by atoms with Gasteiger partial charge in [0.1, 0.15) is 30.6 Å². The lowest BCUT2D eigenvalue weighted by Gasteiger charge is -2.14. The number of para-hydroxylation sites is 1. The summed E-state index contributed by atoms with van der Waals surface area (Å²) in [5.41, 5.74) is 3.86. The van der Waals surface area contributed by atoms with Gasteiger partial charge in [-0.2, -0.15) is 5.26 Å². The van der Waals surface area contributed by atoms with Crippen LogP contribution >= 0.6 is 11.6 Å². The van der Waals surface area contributed by atoms with Crippen molar-refractivity contribution >= 4 is 29.3 Å². The predicted octanol–water partition coefficient (Wildman–Crippen LogP) is 7.36. The van der Waals surface area contributed by atoms with Crippen LogP contribution in [0.25, 0.3) is 6.08 Å². The van der Waals surface area contributed by atoms with Crippen molar-refractivity contribution in [3.63, 3.8) is 0 Å². The summed E-state index contributed by atoms with van der Waals surface area (Å²) >= 11 is 6.22. The number of ether oxygens (including phenoxy) is 3. The Labute approximate surface area is 233 Å². The number of amides is 1. The van der Waals surface area contributed by atoms with E-state index < -0.39 is 5.91 Å². The number of nitriles is 1. The fourth-order valence-electron chi connectivity index (χ4n) is 3.79. The highest BCUT2D eigenvalue weighted by Crippen LogP contribution is 2.31. The van der Waals surface area contributed by atoms with E-state index in [1.54, 1.807) is 31.4 Å². The number of hydrogen-bond acceptors (Lipinski definition) is 5. The number of carbonyl (C=O) groups is 1. The monoisotopic (exact) mass is 538 g/mol. The molecule has 0 aliphatic heterocycles. The number of rotatable bonds is 10. The molecular weight excluding hydrogens is 512 g/mol. The quantitative estimate of drug-likeness (QED) is 0.168. The van der Waals surface area contributed by atoms with Crippen molar-refractivity contribution in [3.05, 3.63) is 124 Å². The second kappa shape index (κ2) is 13.2. The van der Waals surface area contributed by atoms with Gasteiger partial charge in [0.15, 0.2) is 11.5 Å². The van der Waals surface area contributed by atoms with Crippen molar-refractivity contribution in [2.45, 2.75) is 20.1 Å². The Balaban J connectivity index is 1.49. The summed E-state index contributed by atoms with van der Waals surface area (Å²) in [6, 6.07) is 29.8. The van der Waals surface area contributed by atoms with Gasteiger partial charge >= 0.3 is 0 Å². The van der Waals surface area contributed by atoms with Gasteiger partial charge < -0.3 is 19.5 Å². The summed E-state index contributed by atoms with van der Waals surface area (Å²) in [7, 11) is 1.59. The van der Waals surface area contributed by atoms with Crippen molar-refractivity contribution < 1.29 is 19.0 Å². The Hall–Kier alpha value is -4.73. The Bertz CT molecular complexity index is 1530. The standard InChI is InChI=1S/C32H27ClN2O4/c1-22-8-6-7-11-28(22)35-32(36)26(19-34)17-25-18-27(33)13-15-29(25)38-21-24-12-14-30(31(16-24)37-2)39-20-23-9-4-3-5-10-23/h3-18H,20-21H2,1-2H3,(H,35,36)/b26-17-. The molecular formula is C32H27ClN2O4. The molecule has 0 heterocycles. The molecule has 0 aromatic heterocycles. The number of nitrogens with one attached hydrogen (secondary N) is 1.